The van der Waals surface area contributed by atoms with Crippen LogP contribution in [-0.4, -0.2) is 22.5 Å². The fourth-order valence-corrected chi connectivity index (χ4v) is 4.20. The summed E-state index contributed by atoms with van der Waals surface area (Å²) in [5.41, 5.74) is 3.63. The van der Waals surface area contributed by atoms with Crippen molar-refractivity contribution < 1.29 is 9.50 Å². The van der Waals surface area contributed by atoms with Crippen LogP contribution in [0, 0.1) is 18.2 Å². The first-order valence-corrected chi connectivity index (χ1v) is 9.46. The third-order valence-corrected chi connectivity index (χ3v) is 5.51. The normalized spacial score (nSPS) is 14.3. The van der Waals surface area contributed by atoms with Gasteiger partial charge in [-0.15, -0.1) is 11.3 Å². The number of aryl methyl sites for hydroxylation is 1. The van der Waals surface area contributed by atoms with Crippen LogP contribution in [0.3, 0.4) is 0 Å². The van der Waals surface area contributed by atoms with Gasteiger partial charge in [-0.2, -0.15) is 0 Å². The molecule has 4 nitrogen and oxygen atoms in total. The van der Waals surface area contributed by atoms with E-state index in [4.69, 9.17) is 17.0 Å². The van der Waals surface area contributed by atoms with Gasteiger partial charge in [-0.1, -0.05) is 11.6 Å². The molecule has 0 fully saturated rings. The van der Waals surface area contributed by atoms with Gasteiger partial charge in [0.2, 0.25) is 0 Å². The van der Waals surface area contributed by atoms with E-state index >= 15 is 0 Å². The topological polar surface area (TPSA) is 60.2 Å². The van der Waals surface area contributed by atoms with Gasteiger partial charge >= 0.3 is 0 Å². The fourth-order valence-electron chi connectivity index (χ4n) is 3.07. The molecule has 1 aromatic heterocycles. The Morgan fingerprint density at radius 3 is 2.67 bits per heavy atom. The number of benzene rings is 2. The van der Waals surface area contributed by atoms with Crippen molar-refractivity contribution in [1.29, 1.82) is 5.41 Å². The largest absolute Gasteiger partial charge is 0.510 e. The number of aliphatic hydroxyl groups is 1. The molecule has 0 aliphatic carbocycles. The van der Waals surface area contributed by atoms with Crippen LogP contribution in [0.2, 0.25) is 5.02 Å². The minimum absolute atomic E-state index is 0.106. The van der Waals surface area contributed by atoms with Crippen LogP contribution in [0.4, 0.5) is 10.1 Å². The molecule has 4 rings (SSSR count). The predicted molar refractivity (Wildman–Crippen MR) is 108 cm³/mol. The number of rotatable bonds is 3. The summed E-state index contributed by atoms with van der Waals surface area (Å²) < 4.78 is 13.1. The van der Waals surface area contributed by atoms with E-state index in [0.717, 1.165) is 16.8 Å². The third-order valence-electron chi connectivity index (χ3n) is 4.41. The van der Waals surface area contributed by atoms with Crippen LogP contribution >= 0.6 is 22.9 Å². The summed E-state index contributed by atoms with van der Waals surface area (Å²) in [5, 5.41) is 22.1. The number of anilines is 1. The van der Waals surface area contributed by atoms with E-state index in [1.165, 1.54) is 23.5 Å². The van der Waals surface area contributed by atoms with Crippen molar-refractivity contribution in [2.45, 2.75) is 6.92 Å². The number of nitrogens with one attached hydrogen (secondary N) is 1. The summed E-state index contributed by atoms with van der Waals surface area (Å²) in [6.45, 7) is 2.13. The highest BCUT2D eigenvalue weighted by atomic mass is 35.5. The summed E-state index contributed by atoms with van der Waals surface area (Å²) in [7, 11) is 0. The number of halogens is 2. The van der Waals surface area contributed by atoms with Crippen molar-refractivity contribution in [2.75, 3.05) is 11.4 Å². The molecule has 2 heterocycles. The zero-order valence-electron chi connectivity index (χ0n) is 14.3. The van der Waals surface area contributed by atoms with Gasteiger partial charge in [0.1, 0.15) is 22.4 Å². The molecule has 2 aromatic carbocycles. The van der Waals surface area contributed by atoms with Gasteiger partial charge < -0.3 is 10.0 Å². The summed E-state index contributed by atoms with van der Waals surface area (Å²) in [4.78, 5) is 6.28. The van der Waals surface area contributed by atoms with E-state index in [0.29, 0.717) is 21.3 Å². The lowest BCUT2D eigenvalue weighted by atomic mass is 10.1. The van der Waals surface area contributed by atoms with Crippen molar-refractivity contribution in [3.63, 3.8) is 0 Å². The Hall–Kier alpha value is -2.70. The molecular formula is C20H15ClFN3OS. The minimum Gasteiger partial charge on any atom is -0.510 e. The van der Waals surface area contributed by atoms with Crippen molar-refractivity contribution in [3.8, 4) is 11.3 Å². The van der Waals surface area contributed by atoms with Crippen LogP contribution in [0.1, 0.15) is 10.6 Å². The Bertz CT molecular complexity index is 1080. The van der Waals surface area contributed by atoms with Crippen molar-refractivity contribution in [2.24, 2.45) is 0 Å². The number of thiazole rings is 1. The Morgan fingerprint density at radius 1 is 1.22 bits per heavy atom. The predicted octanol–water partition coefficient (Wildman–Crippen LogP) is 5.68. The van der Waals surface area contributed by atoms with Gasteiger partial charge in [0.15, 0.2) is 0 Å². The Kier molecular flexibility index (Phi) is 4.45. The Balaban J connectivity index is 1.65. The van der Waals surface area contributed by atoms with Gasteiger partial charge in [0.05, 0.1) is 17.8 Å². The fraction of sp³-hybridized carbons (Fsp3) is 0.100. The zero-order valence-corrected chi connectivity index (χ0v) is 15.9. The molecule has 0 saturated carbocycles. The molecular weight excluding hydrogens is 385 g/mol. The van der Waals surface area contributed by atoms with Gasteiger partial charge in [-0.3, -0.25) is 5.41 Å². The Labute approximate surface area is 164 Å². The van der Waals surface area contributed by atoms with Crippen LogP contribution in [0.25, 0.3) is 16.8 Å². The van der Waals surface area contributed by atoms with Crippen LogP contribution in [0.15, 0.2) is 53.6 Å². The highest BCUT2D eigenvalue weighted by molar-refractivity contribution is 7.11. The van der Waals surface area contributed by atoms with E-state index in [2.05, 4.69) is 4.98 Å². The first kappa shape index (κ1) is 17.7. The second-order valence-corrected chi connectivity index (χ2v) is 7.53. The molecule has 1 aliphatic rings. The first-order valence-electron chi connectivity index (χ1n) is 8.20. The number of hydrogen-bond acceptors (Lipinski definition) is 4. The van der Waals surface area contributed by atoms with Crippen LogP contribution in [-0.2, 0) is 0 Å². The van der Waals surface area contributed by atoms with Gasteiger partial charge in [-0.25, -0.2) is 9.37 Å². The number of aromatic nitrogens is 1. The second kappa shape index (κ2) is 6.79. The van der Waals surface area contributed by atoms with Crippen LogP contribution < -0.4 is 4.90 Å². The smallest absolute Gasteiger partial charge is 0.139 e. The van der Waals surface area contributed by atoms with Gasteiger partial charge in [0, 0.05) is 21.7 Å². The van der Waals surface area contributed by atoms with Crippen LogP contribution in [0.5, 0.6) is 0 Å². The van der Waals surface area contributed by atoms with Crippen molar-refractivity contribution >= 4 is 40.0 Å². The second-order valence-electron chi connectivity index (χ2n) is 6.23. The molecule has 0 spiro atoms. The highest BCUT2D eigenvalue weighted by Gasteiger charge is 2.32. The standard InChI is InChI=1S/C20H15ClFN3OS/c1-11-8-13(21)4-7-16(11)25-9-17(26)18(19(25)23)20-24-15(10-27-20)12-2-5-14(22)6-3-12/h2-8,10,23,26H,9H2,1H3. The summed E-state index contributed by atoms with van der Waals surface area (Å²) in [5.74, 6) is -0.00612. The van der Waals surface area contributed by atoms with Gasteiger partial charge in [-0.05, 0) is 55.0 Å². The summed E-state index contributed by atoms with van der Waals surface area (Å²) in [6.07, 6.45) is 0. The molecule has 7 heteroatoms. The molecule has 0 radical (unpaired) electrons. The molecule has 2 N–H and O–H groups in total. The summed E-state index contributed by atoms with van der Waals surface area (Å²) >= 11 is 7.37. The lowest BCUT2D eigenvalue weighted by Crippen LogP contribution is -2.26. The molecule has 0 amide bonds. The van der Waals surface area contributed by atoms with E-state index < -0.39 is 0 Å². The van der Waals surface area contributed by atoms with E-state index in [1.807, 2.05) is 24.4 Å². The van der Waals surface area contributed by atoms with E-state index in [1.54, 1.807) is 23.1 Å². The van der Waals surface area contributed by atoms with Gasteiger partial charge in [0.25, 0.3) is 0 Å². The SMILES string of the molecule is Cc1cc(Cl)ccc1N1CC(O)=C(c2nc(-c3ccc(F)cc3)cs2)C1=N. The average Bonchev–Trinajstić information content (AvgIpc) is 3.20. The van der Waals surface area contributed by atoms with Crippen molar-refractivity contribution in [1.82, 2.24) is 4.98 Å². The van der Waals surface area contributed by atoms with Crippen molar-refractivity contribution in [3.05, 3.63) is 75.0 Å². The maximum absolute atomic E-state index is 13.1. The average molecular weight is 400 g/mol. The number of hydrogen-bond donors (Lipinski definition) is 2. The molecule has 0 unspecified atom stereocenters. The zero-order chi connectivity index (χ0) is 19.1. The quantitative estimate of drug-likeness (QED) is 0.595. The first-order chi connectivity index (χ1) is 12.9. The molecule has 27 heavy (non-hydrogen) atoms. The molecule has 0 bridgehead atoms. The van der Waals surface area contributed by atoms with E-state index in [-0.39, 0.29) is 24.0 Å². The monoisotopic (exact) mass is 399 g/mol. The molecule has 1 aliphatic heterocycles. The lowest BCUT2D eigenvalue weighted by Gasteiger charge is -2.21. The third kappa shape index (κ3) is 3.22. The molecule has 0 atom stereocenters. The number of amidine groups is 1. The minimum atomic E-state index is -0.305. The maximum atomic E-state index is 13.1. The lowest BCUT2D eigenvalue weighted by molar-refractivity contribution is 0.411. The summed E-state index contributed by atoms with van der Waals surface area (Å²) in [6, 6.07) is 11.5. The molecule has 136 valence electrons. The highest BCUT2D eigenvalue weighted by Crippen LogP contribution is 2.36. The van der Waals surface area contributed by atoms with E-state index in [9.17, 15) is 9.50 Å². The Morgan fingerprint density at radius 2 is 1.96 bits per heavy atom. The maximum Gasteiger partial charge on any atom is 0.139 e. The number of nitrogens with zero attached hydrogens (tertiary/aromatic N) is 2. The number of aliphatic hydroxyl groups excluding tert-OH is 1. The molecule has 0 saturated heterocycles. The molecule has 3 aromatic rings.